The summed E-state index contributed by atoms with van der Waals surface area (Å²) in [4.78, 5) is 4.68. The number of aryl methyl sites for hydroxylation is 2. The summed E-state index contributed by atoms with van der Waals surface area (Å²) in [5.74, 6) is 0.847. The molecule has 0 fully saturated rings. The Hall–Kier alpha value is -1.08. The lowest BCUT2D eigenvalue weighted by atomic mass is 10.3. The van der Waals surface area contributed by atoms with Gasteiger partial charge in [0.05, 0.1) is 11.1 Å². The third kappa shape index (κ3) is 2.13. The van der Waals surface area contributed by atoms with Crippen LogP contribution in [-0.2, 0) is 7.05 Å². The minimum atomic E-state index is -0.167. The zero-order valence-corrected chi connectivity index (χ0v) is 14.3. The van der Waals surface area contributed by atoms with Crippen molar-refractivity contribution in [3.63, 3.8) is 0 Å². The Balaban J connectivity index is 2.40. The predicted molar refractivity (Wildman–Crippen MR) is 89.6 cm³/mol. The van der Waals surface area contributed by atoms with E-state index < -0.39 is 0 Å². The van der Waals surface area contributed by atoms with E-state index in [1.54, 1.807) is 0 Å². The number of imidazole rings is 1. The lowest BCUT2D eigenvalue weighted by Gasteiger charge is -2.11. The summed E-state index contributed by atoms with van der Waals surface area (Å²) in [6, 6.07) is 8.28. The largest absolute Gasteiger partial charge is 0.280 e. The topological polar surface area (TPSA) is 35.6 Å². The molecule has 0 saturated heterocycles. The van der Waals surface area contributed by atoms with Crippen LogP contribution in [0, 0.1) is 10.5 Å². The van der Waals surface area contributed by atoms with Gasteiger partial charge in [0.1, 0.15) is 11.3 Å². The molecule has 0 spiro atoms. The van der Waals surface area contributed by atoms with Crippen molar-refractivity contribution in [2.45, 2.75) is 19.2 Å². The van der Waals surface area contributed by atoms with Gasteiger partial charge in [0.2, 0.25) is 0 Å². The molecule has 0 bridgehead atoms. The van der Waals surface area contributed by atoms with Crippen molar-refractivity contribution < 1.29 is 0 Å². The molecule has 3 aromatic rings. The second kappa shape index (κ2) is 5.04. The molecule has 0 aliphatic carbocycles. The summed E-state index contributed by atoms with van der Waals surface area (Å²) in [7, 11) is 1.93. The number of nitrogens with zero attached hydrogens (tertiary/aromatic N) is 4. The van der Waals surface area contributed by atoms with Gasteiger partial charge in [-0.2, -0.15) is 5.10 Å². The lowest BCUT2D eigenvalue weighted by Crippen LogP contribution is -2.06. The maximum atomic E-state index is 6.32. The van der Waals surface area contributed by atoms with Crippen LogP contribution in [0.5, 0.6) is 0 Å². The van der Waals surface area contributed by atoms with Crippen molar-refractivity contribution in [1.82, 2.24) is 19.3 Å². The fraction of sp³-hybridized carbons (Fsp3) is 0.286. The summed E-state index contributed by atoms with van der Waals surface area (Å²) in [6.45, 7) is 3.91. The number of aromatic nitrogens is 4. The molecule has 0 saturated carbocycles. The highest BCUT2D eigenvalue weighted by atomic mass is 127. The van der Waals surface area contributed by atoms with E-state index in [9.17, 15) is 0 Å². The lowest BCUT2D eigenvalue weighted by molar-refractivity contribution is 0.748. The van der Waals surface area contributed by atoms with Crippen molar-refractivity contribution in [1.29, 1.82) is 0 Å². The van der Waals surface area contributed by atoms with Gasteiger partial charge in [-0.15, -0.1) is 11.6 Å². The molecular formula is C14H14ClIN4. The molecule has 1 unspecified atom stereocenters. The van der Waals surface area contributed by atoms with E-state index >= 15 is 0 Å². The highest BCUT2D eigenvalue weighted by Gasteiger charge is 2.21. The van der Waals surface area contributed by atoms with E-state index in [2.05, 4.69) is 55.4 Å². The Kier molecular flexibility index (Phi) is 3.50. The van der Waals surface area contributed by atoms with Gasteiger partial charge < -0.3 is 0 Å². The number of rotatable bonds is 2. The Morgan fingerprint density at radius 3 is 2.75 bits per heavy atom. The molecule has 3 rings (SSSR count). The maximum Gasteiger partial charge on any atom is 0.163 e. The number of hydrogen-bond acceptors (Lipinski definition) is 2. The van der Waals surface area contributed by atoms with Crippen LogP contribution in [-0.4, -0.2) is 19.3 Å². The molecule has 1 aromatic carbocycles. The fourth-order valence-electron chi connectivity index (χ4n) is 2.43. The van der Waals surface area contributed by atoms with Crippen molar-refractivity contribution in [3.05, 3.63) is 39.4 Å². The SMILES string of the molecule is Cc1nn(C)c2c1nc(C(C)Cl)n2-c1cccc(I)c1. The molecule has 2 heterocycles. The number of fused-ring (bicyclic) bond motifs is 1. The maximum absolute atomic E-state index is 6.32. The van der Waals surface area contributed by atoms with E-state index in [0.29, 0.717) is 0 Å². The first-order valence-electron chi connectivity index (χ1n) is 6.31. The van der Waals surface area contributed by atoms with Gasteiger partial charge in [-0.05, 0) is 54.6 Å². The Labute approximate surface area is 135 Å². The third-order valence-electron chi connectivity index (χ3n) is 3.25. The van der Waals surface area contributed by atoms with Crippen LogP contribution in [0.25, 0.3) is 16.9 Å². The van der Waals surface area contributed by atoms with Gasteiger partial charge in [0.15, 0.2) is 5.65 Å². The number of alkyl halides is 1. The molecule has 4 nitrogen and oxygen atoms in total. The van der Waals surface area contributed by atoms with E-state index in [4.69, 9.17) is 11.6 Å². The molecule has 0 N–H and O–H groups in total. The van der Waals surface area contributed by atoms with Crippen molar-refractivity contribution in [3.8, 4) is 5.69 Å². The first kappa shape index (κ1) is 13.9. The zero-order valence-electron chi connectivity index (χ0n) is 11.4. The van der Waals surface area contributed by atoms with E-state index in [1.165, 1.54) is 3.57 Å². The molecular weight excluding hydrogens is 387 g/mol. The molecule has 0 aliphatic heterocycles. The molecule has 104 valence electrons. The van der Waals surface area contributed by atoms with Gasteiger partial charge in [0.25, 0.3) is 0 Å². The normalized spacial score (nSPS) is 13.1. The molecule has 6 heteroatoms. The van der Waals surface area contributed by atoms with Crippen LogP contribution in [0.1, 0.15) is 23.8 Å². The highest BCUT2D eigenvalue weighted by Crippen LogP contribution is 2.29. The second-order valence-electron chi connectivity index (χ2n) is 4.78. The van der Waals surface area contributed by atoms with Crippen molar-refractivity contribution >= 4 is 45.4 Å². The first-order chi connectivity index (χ1) is 9.49. The third-order valence-corrected chi connectivity index (χ3v) is 4.12. The quantitative estimate of drug-likeness (QED) is 0.482. The average Bonchev–Trinajstić information content (AvgIpc) is 2.89. The average molecular weight is 401 g/mol. The minimum absolute atomic E-state index is 0.167. The summed E-state index contributed by atoms with van der Waals surface area (Å²) in [6.07, 6.45) is 0. The second-order valence-corrected chi connectivity index (χ2v) is 6.68. The smallest absolute Gasteiger partial charge is 0.163 e. The Bertz CT molecular complexity index is 788. The van der Waals surface area contributed by atoms with Gasteiger partial charge in [-0.25, -0.2) is 9.67 Å². The molecule has 0 radical (unpaired) electrons. The van der Waals surface area contributed by atoms with Crippen LogP contribution in [0.4, 0.5) is 0 Å². The monoisotopic (exact) mass is 400 g/mol. The van der Waals surface area contributed by atoms with Gasteiger partial charge in [0, 0.05) is 16.3 Å². The van der Waals surface area contributed by atoms with Crippen LogP contribution in [0.15, 0.2) is 24.3 Å². The van der Waals surface area contributed by atoms with E-state index in [0.717, 1.165) is 28.4 Å². The highest BCUT2D eigenvalue weighted by molar-refractivity contribution is 14.1. The number of benzene rings is 1. The van der Waals surface area contributed by atoms with Crippen molar-refractivity contribution in [2.75, 3.05) is 0 Å². The number of halogens is 2. The summed E-state index contributed by atoms with van der Waals surface area (Å²) in [5, 5.41) is 4.28. The summed E-state index contributed by atoms with van der Waals surface area (Å²) in [5.41, 5.74) is 3.87. The van der Waals surface area contributed by atoms with E-state index in [-0.39, 0.29) is 5.38 Å². The van der Waals surface area contributed by atoms with Gasteiger partial charge in [-0.1, -0.05) is 6.07 Å². The minimum Gasteiger partial charge on any atom is -0.280 e. The molecule has 2 aromatic heterocycles. The van der Waals surface area contributed by atoms with E-state index in [1.807, 2.05) is 31.6 Å². The molecule has 20 heavy (non-hydrogen) atoms. The standard InChI is InChI=1S/C14H14ClIN4/c1-8(15)13-17-12-9(2)18-19(3)14(12)20(13)11-6-4-5-10(16)7-11/h4-8H,1-3H3. The van der Waals surface area contributed by atoms with Crippen LogP contribution >= 0.6 is 34.2 Å². The fourth-order valence-corrected chi connectivity index (χ4v) is 3.10. The zero-order chi connectivity index (χ0) is 14.4. The Morgan fingerprint density at radius 1 is 1.35 bits per heavy atom. The number of hydrogen-bond donors (Lipinski definition) is 0. The van der Waals surface area contributed by atoms with Crippen LogP contribution < -0.4 is 0 Å². The first-order valence-corrected chi connectivity index (χ1v) is 7.82. The molecule has 0 aliphatic rings. The van der Waals surface area contributed by atoms with Gasteiger partial charge in [-0.3, -0.25) is 4.57 Å². The summed E-state index contributed by atoms with van der Waals surface area (Å²) >= 11 is 8.62. The predicted octanol–water partition coefficient (Wildman–Crippen LogP) is 3.97. The van der Waals surface area contributed by atoms with Gasteiger partial charge >= 0.3 is 0 Å². The van der Waals surface area contributed by atoms with Crippen LogP contribution in [0.2, 0.25) is 0 Å². The Morgan fingerprint density at radius 2 is 2.10 bits per heavy atom. The van der Waals surface area contributed by atoms with Crippen molar-refractivity contribution in [2.24, 2.45) is 7.05 Å². The summed E-state index contributed by atoms with van der Waals surface area (Å²) < 4.78 is 5.13. The molecule has 0 amide bonds. The van der Waals surface area contributed by atoms with Crippen LogP contribution in [0.3, 0.4) is 0 Å². The molecule has 1 atom stereocenters.